The maximum absolute atomic E-state index is 5.99. The van der Waals surface area contributed by atoms with Crippen LogP contribution in [0.2, 0.25) is 0 Å². The van der Waals surface area contributed by atoms with Crippen molar-refractivity contribution in [1.29, 1.82) is 0 Å². The van der Waals surface area contributed by atoms with Crippen molar-refractivity contribution >= 4 is 10.8 Å². The van der Waals surface area contributed by atoms with Crippen molar-refractivity contribution in [3.05, 3.63) is 42.0 Å². The molecule has 25 heavy (non-hydrogen) atoms. The Hall–Kier alpha value is -1.58. The molecule has 0 bridgehead atoms. The minimum absolute atomic E-state index is 0.593. The molecule has 2 aromatic rings. The lowest BCUT2D eigenvalue weighted by Crippen LogP contribution is -2.16. The van der Waals surface area contributed by atoms with Crippen LogP contribution in [0.3, 0.4) is 0 Å². The highest BCUT2D eigenvalue weighted by molar-refractivity contribution is 5.87. The van der Waals surface area contributed by atoms with Gasteiger partial charge in [0.2, 0.25) is 0 Å². The average molecular weight is 344 g/mol. The van der Waals surface area contributed by atoms with Crippen LogP contribution in [0.1, 0.15) is 51.5 Å². The molecule has 138 valence electrons. The number of rotatable bonds is 13. The van der Waals surface area contributed by atoms with Crippen LogP contribution in [0, 0.1) is 0 Å². The van der Waals surface area contributed by atoms with Crippen LogP contribution in [-0.2, 0) is 11.3 Å². The van der Waals surface area contributed by atoms with E-state index in [1.165, 1.54) is 48.4 Å². The fourth-order valence-corrected chi connectivity index (χ4v) is 3.06. The Morgan fingerprint density at radius 1 is 0.880 bits per heavy atom. The van der Waals surface area contributed by atoms with Crippen LogP contribution in [0.5, 0.6) is 5.75 Å². The van der Waals surface area contributed by atoms with Gasteiger partial charge in [-0.1, -0.05) is 62.9 Å². The minimum Gasteiger partial charge on any atom is -0.491 e. The maximum Gasteiger partial charge on any atom is 0.124 e. The summed E-state index contributed by atoms with van der Waals surface area (Å²) in [6, 6.07) is 12.8. The van der Waals surface area contributed by atoms with Crippen LogP contribution >= 0.6 is 0 Å². The second-order valence-corrected chi connectivity index (χ2v) is 6.40. The van der Waals surface area contributed by atoms with Gasteiger partial charge in [-0.3, -0.25) is 0 Å². The summed E-state index contributed by atoms with van der Waals surface area (Å²) < 4.78 is 11.4. The minimum atomic E-state index is 0.593. The summed E-state index contributed by atoms with van der Waals surface area (Å²) in [5, 5.41) is 6.14. The molecule has 0 aliphatic rings. The quantitative estimate of drug-likeness (QED) is 0.500. The van der Waals surface area contributed by atoms with E-state index in [4.69, 9.17) is 9.47 Å². The van der Waals surface area contributed by atoms with Crippen LogP contribution < -0.4 is 10.1 Å². The Bertz CT molecular complexity index is 612. The van der Waals surface area contributed by atoms with Gasteiger partial charge in [0, 0.05) is 18.7 Å². The Morgan fingerprint density at radius 2 is 1.72 bits per heavy atom. The molecule has 2 rings (SSSR count). The smallest absolute Gasteiger partial charge is 0.124 e. The zero-order chi connectivity index (χ0) is 17.7. The highest BCUT2D eigenvalue weighted by Crippen LogP contribution is 2.28. The Morgan fingerprint density at radius 3 is 2.56 bits per heavy atom. The number of hydrogen-bond acceptors (Lipinski definition) is 3. The number of benzene rings is 2. The third kappa shape index (κ3) is 6.68. The van der Waals surface area contributed by atoms with Crippen molar-refractivity contribution in [3.8, 4) is 5.75 Å². The topological polar surface area (TPSA) is 30.5 Å². The van der Waals surface area contributed by atoms with E-state index in [0.717, 1.165) is 25.4 Å². The first-order valence-electron chi connectivity index (χ1n) is 9.78. The van der Waals surface area contributed by atoms with Gasteiger partial charge < -0.3 is 14.8 Å². The van der Waals surface area contributed by atoms with E-state index in [1.807, 2.05) is 6.92 Å². The molecule has 3 heteroatoms. The van der Waals surface area contributed by atoms with E-state index in [-0.39, 0.29) is 0 Å². The summed E-state index contributed by atoms with van der Waals surface area (Å²) in [5.74, 6) is 0.969. The Balaban J connectivity index is 1.96. The largest absolute Gasteiger partial charge is 0.491 e. The molecule has 0 fully saturated rings. The van der Waals surface area contributed by atoms with Crippen LogP contribution in [0.25, 0.3) is 10.8 Å². The summed E-state index contributed by atoms with van der Waals surface area (Å²) in [4.78, 5) is 0. The monoisotopic (exact) mass is 343 g/mol. The third-order valence-corrected chi connectivity index (χ3v) is 4.45. The third-order valence-electron chi connectivity index (χ3n) is 4.45. The van der Waals surface area contributed by atoms with Crippen LogP contribution in [-0.4, -0.2) is 26.4 Å². The average Bonchev–Trinajstić information content (AvgIpc) is 2.65. The highest BCUT2D eigenvalue weighted by Gasteiger charge is 2.08. The number of unbranched alkanes of at least 4 members (excludes halogenated alkanes) is 4. The van der Waals surface area contributed by atoms with E-state index < -0.39 is 0 Å². The first-order valence-corrected chi connectivity index (χ1v) is 9.78. The van der Waals surface area contributed by atoms with E-state index >= 15 is 0 Å². The Labute approximate surface area is 152 Å². The molecule has 2 aromatic carbocycles. The van der Waals surface area contributed by atoms with E-state index in [2.05, 4.69) is 48.6 Å². The molecule has 0 saturated heterocycles. The van der Waals surface area contributed by atoms with Crippen molar-refractivity contribution in [3.63, 3.8) is 0 Å². The van der Waals surface area contributed by atoms with Gasteiger partial charge in [-0.15, -0.1) is 0 Å². The van der Waals surface area contributed by atoms with Gasteiger partial charge in [0.05, 0.1) is 6.61 Å². The maximum atomic E-state index is 5.99. The van der Waals surface area contributed by atoms with E-state index in [1.54, 1.807) is 0 Å². The van der Waals surface area contributed by atoms with Crippen LogP contribution in [0.4, 0.5) is 0 Å². The van der Waals surface area contributed by atoms with Gasteiger partial charge >= 0.3 is 0 Å². The summed E-state index contributed by atoms with van der Waals surface area (Å²) in [7, 11) is 0. The van der Waals surface area contributed by atoms with Crippen molar-refractivity contribution in [2.45, 2.75) is 52.5 Å². The van der Waals surface area contributed by atoms with Gasteiger partial charge in [-0.2, -0.15) is 0 Å². The summed E-state index contributed by atoms with van der Waals surface area (Å²) in [6.45, 7) is 8.12. The van der Waals surface area contributed by atoms with Gasteiger partial charge in [-0.25, -0.2) is 0 Å². The molecule has 0 aliphatic heterocycles. The van der Waals surface area contributed by atoms with Crippen molar-refractivity contribution < 1.29 is 9.47 Å². The first kappa shape index (κ1) is 19.7. The zero-order valence-corrected chi connectivity index (χ0v) is 15.9. The summed E-state index contributed by atoms with van der Waals surface area (Å²) >= 11 is 0. The molecule has 3 nitrogen and oxygen atoms in total. The summed E-state index contributed by atoms with van der Waals surface area (Å²) in [5.41, 5.74) is 1.25. The standard InChI is InChI=1S/C22H33NO2/c1-3-5-6-7-10-15-23-18-21-20-12-9-8-11-19(20)13-14-22(21)25-17-16-24-4-2/h8-9,11-14,23H,3-7,10,15-18H2,1-2H3. The molecular weight excluding hydrogens is 310 g/mol. The normalized spacial score (nSPS) is 11.1. The van der Waals surface area contributed by atoms with Gasteiger partial charge in [-0.05, 0) is 36.7 Å². The van der Waals surface area contributed by atoms with Crippen molar-refractivity contribution in [2.24, 2.45) is 0 Å². The Kier molecular flexibility index (Phi) is 9.38. The van der Waals surface area contributed by atoms with Crippen molar-refractivity contribution in [2.75, 3.05) is 26.4 Å². The molecule has 0 aromatic heterocycles. The van der Waals surface area contributed by atoms with Crippen molar-refractivity contribution in [1.82, 2.24) is 5.32 Å². The van der Waals surface area contributed by atoms with E-state index in [9.17, 15) is 0 Å². The molecule has 0 radical (unpaired) electrons. The molecule has 0 saturated carbocycles. The second-order valence-electron chi connectivity index (χ2n) is 6.40. The predicted octanol–water partition coefficient (Wildman–Crippen LogP) is 5.32. The molecule has 0 spiro atoms. The van der Waals surface area contributed by atoms with E-state index in [0.29, 0.717) is 13.2 Å². The predicted molar refractivity (Wildman–Crippen MR) is 106 cm³/mol. The number of nitrogens with one attached hydrogen (secondary N) is 1. The SMILES string of the molecule is CCCCCCCNCc1c(OCCOCC)ccc2ccccc12. The molecule has 0 aliphatic carbocycles. The molecule has 0 heterocycles. The molecule has 1 N–H and O–H groups in total. The molecule has 0 unspecified atom stereocenters. The fraction of sp³-hybridized carbons (Fsp3) is 0.545. The summed E-state index contributed by atoms with van der Waals surface area (Å²) in [6.07, 6.45) is 6.55. The van der Waals surface area contributed by atoms with Gasteiger partial charge in [0.15, 0.2) is 0 Å². The first-order chi connectivity index (χ1) is 12.4. The molecule has 0 atom stereocenters. The molecule has 0 amide bonds. The van der Waals surface area contributed by atoms with Gasteiger partial charge in [0.1, 0.15) is 12.4 Å². The lowest BCUT2D eigenvalue weighted by atomic mass is 10.0. The fourth-order valence-electron chi connectivity index (χ4n) is 3.06. The van der Waals surface area contributed by atoms with Crippen LogP contribution in [0.15, 0.2) is 36.4 Å². The molecular formula is C22H33NO2. The zero-order valence-electron chi connectivity index (χ0n) is 15.9. The second kappa shape index (κ2) is 11.9. The lowest BCUT2D eigenvalue weighted by molar-refractivity contribution is 0.110. The number of fused-ring (bicyclic) bond motifs is 1. The lowest BCUT2D eigenvalue weighted by Gasteiger charge is -2.15. The number of hydrogen-bond donors (Lipinski definition) is 1. The highest BCUT2D eigenvalue weighted by atomic mass is 16.5. The number of ether oxygens (including phenoxy) is 2. The van der Waals surface area contributed by atoms with Gasteiger partial charge in [0.25, 0.3) is 0 Å².